The van der Waals surface area contributed by atoms with Gasteiger partial charge in [0.25, 0.3) is 0 Å². The lowest BCUT2D eigenvalue weighted by atomic mass is 10.3. The lowest BCUT2D eigenvalue weighted by Crippen LogP contribution is -2.32. The van der Waals surface area contributed by atoms with Gasteiger partial charge in [-0.1, -0.05) is 12.1 Å². The van der Waals surface area contributed by atoms with E-state index in [4.69, 9.17) is 0 Å². The highest BCUT2D eigenvalue weighted by molar-refractivity contribution is 14.1. The molecule has 0 saturated carbocycles. The van der Waals surface area contributed by atoms with Crippen LogP contribution in [-0.4, -0.2) is 52.9 Å². The molecule has 18 heavy (non-hydrogen) atoms. The number of anilines is 1. The van der Waals surface area contributed by atoms with E-state index in [0.717, 1.165) is 9.26 Å². The molecule has 3 N–H and O–H groups in total. The molecule has 0 aromatic heterocycles. The van der Waals surface area contributed by atoms with Crippen LogP contribution in [0.25, 0.3) is 0 Å². The van der Waals surface area contributed by atoms with Crippen molar-refractivity contribution in [2.24, 2.45) is 0 Å². The molecule has 1 amide bonds. The van der Waals surface area contributed by atoms with Crippen molar-refractivity contribution in [2.75, 3.05) is 25.0 Å². The molecule has 2 rings (SSSR count). The Morgan fingerprint density at radius 1 is 1.33 bits per heavy atom. The quantitative estimate of drug-likeness (QED) is 0.675. The number of likely N-dealkylation sites (tertiary alicyclic amines) is 1. The molecule has 1 heterocycles. The number of carbonyl (C=O) groups excluding carboxylic acids is 1. The molecule has 1 aromatic carbocycles. The first kappa shape index (κ1) is 13.7. The first-order valence-corrected chi connectivity index (χ1v) is 6.77. The molecule has 0 aliphatic carbocycles. The fourth-order valence-corrected chi connectivity index (χ4v) is 2.45. The van der Waals surface area contributed by atoms with Gasteiger partial charge in [-0.3, -0.25) is 9.69 Å². The van der Waals surface area contributed by atoms with Gasteiger partial charge < -0.3 is 15.5 Å². The topological polar surface area (TPSA) is 72.8 Å². The molecule has 2 unspecified atom stereocenters. The zero-order valence-corrected chi connectivity index (χ0v) is 11.9. The number of halogens is 1. The molecule has 5 nitrogen and oxygen atoms in total. The van der Waals surface area contributed by atoms with Crippen LogP contribution in [0.2, 0.25) is 0 Å². The minimum atomic E-state index is -0.755. The predicted octanol–water partition coefficient (Wildman–Crippen LogP) is 0.267. The standard InChI is InChI=1S/C12H15IN2O3/c13-8-3-1-2-4-9(8)14-12(18)7-15-5-10(16)11(17)6-15/h1-4,10-11,16-17H,5-7H2,(H,14,18). The Bertz CT molecular complexity index is 431. The number of hydrogen-bond acceptors (Lipinski definition) is 4. The third-order valence-electron chi connectivity index (χ3n) is 2.85. The second kappa shape index (κ2) is 5.96. The van der Waals surface area contributed by atoms with Gasteiger partial charge in [0.05, 0.1) is 24.4 Å². The summed E-state index contributed by atoms with van der Waals surface area (Å²) in [5.74, 6) is -0.139. The van der Waals surface area contributed by atoms with Crippen molar-refractivity contribution in [3.63, 3.8) is 0 Å². The average Bonchev–Trinajstić information content (AvgIpc) is 2.61. The van der Waals surface area contributed by atoms with Gasteiger partial charge in [-0.15, -0.1) is 0 Å². The molecular weight excluding hydrogens is 347 g/mol. The molecular formula is C12H15IN2O3. The Labute approximate surface area is 119 Å². The van der Waals surface area contributed by atoms with Crippen molar-refractivity contribution < 1.29 is 15.0 Å². The van der Waals surface area contributed by atoms with E-state index in [1.165, 1.54) is 0 Å². The van der Waals surface area contributed by atoms with E-state index < -0.39 is 12.2 Å². The van der Waals surface area contributed by atoms with Gasteiger partial charge >= 0.3 is 0 Å². The number of nitrogens with zero attached hydrogens (tertiary/aromatic N) is 1. The number of aliphatic hydroxyl groups is 2. The maximum Gasteiger partial charge on any atom is 0.238 e. The van der Waals surface area contributed by atoms with Crippen LogP contribution in [0.15, 0.2) is 24.3 Å². The average molecular weight is 362 g/mol. The summed E-state index contributed by atoms with van der Waals surface area (Å²) in [4.78, 5) is 13.6. The molecule has 2 atom stereocenters. The molecule has 1 aromatic rings. The monoisotopic (exact) mass is 362 g/mol. The molecule has 1 saturated heterocycles. The summed E-state index contributed by atoms with van der Waals surface area (Å²) in [5, 5.41) is 21.6. The van der Waals surface area contributed by atoms with Crippen LogP contribution in [-0.2, 0) is 4.79 Å². The second-order valence-electron chi connectivity index (χ2n) is 4.36. The summed E-state index contributed by atoms with van der Waals surface area (Å²) in [6.45, 7) is 0.847. The van der Waals surface area contributed by atoms with Crippen molar-refractivity contribution in [1.82, 2.24) is 4.90 Å². The first-order valence-electron chi connectivity index (χ1n) is 5.69. The first-order chi connectivity index (χ1) is 8.56. The highest BCUT2D eigenvalue weighted by Crippen LogP contribution is 2.17. The van der Waals surface area contributed by atoms with E-state index in [9.17, 15) is 15.0 Å². The van der Waals surface area contributed by atoms with Crippen LogP contribution in [0.1, 0.15) is 0 Å². The van der Waals surface area contributed by atoms with E-state index in [1.54, 1.807) is 4.90 Å². The fourth-order valence-electron chi connectivity index (χ4n) is 1.93. The Morgan fingerprint density at radius 3 is 2.56 bits per heavy atom. The number of aliphatic hydroxyl groups excluding tert-OH is 2. The summed E-state index contributed by atoms with van der Waals surface area (Å²) in [6, 6.07) is 7.53. The number of benzene rings is 1. The van der Waals surface area contributed by atoms with E-state index in [2.05, 4.69) is 27.9 Å². The van der Waals surface area contributed by atoms with E-state index in [-0.39, 0.29) is 12.5 Å². The lowest BCUT2D eigenvalue weighted by molar-refractivity contribution is -0.117. The Hall–Kier alpha value is -0.700. The van der Waals surface area contributed by atoms with Gasteiger partial charge in [0, 0.05) is 16.7 Å². The largest absolute Gasteiger partial charge is 0.389 e. The van der Waals surface area contributed by atoms with Gasteiger partial charge in [-0.2, -0.15) is 0 Å². The number of nitrogens with one attached hydrogen (secondary N) is 1. The van der Waals surface area contributed by atoms with Gasteiger partial charge in [0.2, 0.25) is 5.91 Å². The van der Waals surface area contributed by atoms with Crippen LogP contribution in [0.3, 0.4) is 0 Å². The number of rotatable bonds is 3. The van der Waals surface area contributed by atoms with E-state index in [0.29, 0.717) is 13.1 Å². The lowest BCUT2D eigenvalue weighted by Gasteiger charge is -2.14. The molecule has 0 bridgehead atoms. The summed E-state index contributed by atoms with van der Waals surface area (Å²) in [7, 11) is 0. The summed E-state index contributed by atoms with van der Waals surface area (Å²) >= 11 is 2.16. The second-order valence-corrected chi connectivity index (χ2v) is 5.52. The maximum atomic E-state index is 11.8. The van der Waals surface area contributed by atoms with Crippen LogP contribution in [0.5, 0.6) is 0 Å². The van der Waals surface area contributed by atoms with Gasteiger partial charge in [-0.05, 0) is 34.7 Å². The highest BCUT2D eigenvalue weighted by atomic mass is 127. The van der Waals surface area contributed by atoms with Crippen LogP contribution in [0, 0.1) is 3.57 Å². The Kier molecular flexibility index (Phi) is 4.55. The zero-order chi connectivity index (χ0) is 13.1. The Balaban J connectivity index is 1.88. The summed E-state index contributed by atoms with van der Waals surface area (Å²) in [6.07, 6.45) is -1.51. The Morgan fingerprint density at radius 2 is 1.94 bits per heavy atom. The number of hydrogen-bond donors (Lipinski definition) is 3. The number of para-hydroxylation sites is 1. The minimum Gasteiger partial charge on any atom is -0.389 e. The fraction of sp³-hybridized carbons (Fsp3) is 0.417. The minimum absolute atomic E-state index is 0.139. The summed E-state index contributed by atoms with van der Waals surface area (Å²) in [5.41, 5.74) is 0.781. The molecule has 6 heteroatoms. The van der Waals surface area contributed by atoms with E-state index >= 15 is 0 Å². The predicted molar refractivity (Wildman–Crippen MR) is 76.2 cm³/mol. The zero-order valence-electron chi connectivity index (χ0n) is 9.71. The van der Waals surface area contributed by atoms with Crippen LogP contribution in [0.4, 0.5) is 5.69 Å². The van der Waals surface area contributed by atoms with Crippen molar-refractivity contribution in [3.05, 3.63) is 27.8 Å². The molecule has 0 radical (unpaired) electrons. The summed E-state index contributed by atoms with van der Waals surface area (Å²) < 4.78 is 0.977. The normalized spacial score (nSPS) is 24.2. The third kappa shape index (κ3) is 3.41. The smallest absolute Gasteiger partial charge is 0.238 e. The van der Waals surface area contributed by atoms with Crippen LogP contribution < -0.4 is 5.32 Å². The van der Waals surface area contributed by atoms with Gasteiger partial charge in [0.1, 0.15) is 0 Å². The molecule has 0 spiro atoms. The molecule has 1 fully saturated rings. The van der Waals surface area contributed by atoms with Crippen molar-refractivity contribution >= 4 is 34.2 Å². The molecule has 1 aliphatic rings. The van der Waals surface area contributed by atoms with Crippen molar-refractivity contribution in [2.45, 2.75) is 12.2 Å². The number of carbonyl (C=O) groups is 1. The van der Waals surface area contributed by atoms with Gasteiger partial charge in [0.15, 0.2) is 0 Å². The molecule has 98 valence electrons. The third-order valence-corrected chi connectivity index (χ3v) is 3.79. The number of amides is 1. The highest BCUT2D eigenvalue weighted by Gasteiger charge is 2.30. The SMILES string of the molecule is O=C(CN1CC(O)C(O)C1)Nc1ccccc1I. The van der Waals surface area contributed by atoms with Crippen LogP contribution >= 0.6 is 22.6 Å². The molecule has 1 aliphatic heterocycles. The van der Waals surface area contributed by atoms with Gasteiger partial charge in [-0.25, -0.2) is 0 Å². The number of β-amino-alcohol motifs (C(OH)–C–C–N with tert-alkyl or cyclic N) is 2. The van der Waals surface area contributed by atoms with E-state index in [1.807, 2.05) is 24.3 Å². The maximum absolute atomic E-state index is 11.8. The van der Waals surface area contributed by atoms with Crippen molar-refractivity contribution in [1.29, 1.82) is 0 Å². The van der Waals surface area contributed by atoms with Crippen molar-refractivity contribution in [3.8, 4) is 0 Å².